The number of aromatic nitrogens is 1. The first-order valence-corrected chi connectivity index (χ1v) is 8.56. The van der Waals surface area contributed by atoms with E-state index in [0.717, 1.165) is 6.07 Å². The number of aliphatic hydroxyl groups is 1. The Morgan fingerprint density at radius 1 is 1.45 bits per heavy atom. The third kappa shape index (κ3) is 3.41. The van der Waals surface area contributed by atoms with E-state index in [4.69, 9.17) is 5.11 Å². The van der Waals surface area contributed by atoms with Crippen molar-refractivity contribution in [2.45, 2.75) is 18.0 Å². The van der Waals surface area contributed by atoms with Crippen LogP contribution < -0.4 is 4.72 Å². The van der Waals surface area contributed by atoms with Gasteiger partial charge >= 0.3 is 0 Å². The topological polar surface area (TPSA) is 79.3 Å². The fraction of sp³-hybridized carbons (Fsp3) is 0.182. The number of halogens is 2. The molecule has 0 amide bonds. The molecule has 0 radical (unpaired) electrons. The molecular formula is C11H10BrFN2O3S2. The van der Waals surface area contributed by atoms with Crippen molar-refractivity contribution < 1.29 is 17.9 Å². The minimum absolute atomic E-state index is 0.0135. The van der Waals surface area contributed by atoms with Crippen molar-refractivity contribution in [2.24, 2.45) is 0 Å². The van der Waals surface area contributed by atoms with E-state index in [1.54, 1.807) is 11.6 Å². The SMILES string of the molecule is O=S(=O)(NCc1nccs1)c1cc(Br)cc(CO)c1F. The normalized spacial score (nSPS) is 11.8. The predicted molar refractivity (Wildman–Crippen MR) is 76.2 cm³/mol. The Hall–Kier alpha value is -0.870. The van der Waals surface area contributed by atoms with E-state index in [-0.39, 0.29) is 12.1 Å². The summed E-state index contributed by atoms with van der Waals surface area (Å²) in [6.45, 7) is -0.597. The molecule has 2 rings (SSSR count). The lowest BCUT2D eigenvalue weighted by molar-refractivity contribution is 0.274. The van der Waals surface area contributed by atoms with Gasteiger partial charge in [-0.05, 0) is 12.1 Å². The average molecular weight is 381 g/mol. The minimum Gasteiger partial charge on any atom is -0.392 e. The van der Waals surface area contributed by atoms with Gasteiger partial charge in [0.1, 0.15) is 15.7 Å². The van der Waals surface area contributed by atoms with Gasteiger partial charge in [-0.1, -0.05) is 15.9 Å². The van der Waals surface area contributed by atoms with Crippen molar-refractivity contribution in [3.05, 3.63) is 44.6 Å². The summed E-state index contributed by atoms with van der Waals surface area (Å²) in [5.41, 5.74) is -0.0889. The maximum atomic E-state index is 14.0. The largest absolute Gasteiger partial charge is 0.392 e. The molecule has 2 N–H and O–H groups in total. The Morgan fingerprint density at radius 3 is 2.80 bits per heavy atom. The van der Waals surface area contributed by atoms with Crippen molar-refractivity contribution in [1.29, 1.82) is 0 Å². The molecule has 9 heteroatoms. The molecule has 0 unspecified atom stereocenters. The third-order valence-corrected chi connectivity index (χ3v) is 5.07. The molecule has 1 aromatic carbocycles. The summed E-state index contributed by atoms with van der Waals surface area (Å²) in [7, 11) is -4.02. The predicted octanol–water partition coefficient (Wildman–Crippen LogP) is 2.02. The summed E-state index contributed by atoms with van der Waals surface area (Å²) in [5, 5.41) is 11.3. The Balaban J connectivity index is 2.31. The number of hydrogen-bond donors (Lipinski definition) is 2. The van der Waals surface area contributed by atoms with Gasteiger partial charge in [-0.25, -0.2) is 22.5 Å². The third-order valence-electron chi connectivity index (χ3n) is 2.44. The van der Waals surface area contributed by atoms with Crippen molar-refractivity contribution in [2.75, 3.05) is 0 Å². The second-order valence-electron chi connectivity index (χ2n) is 3.79. The zero-order chi connectivity index (χ0) is 14.8. The quantitative estimate of drug-likeness (QED) is 0.831. The van der Waals surface area contributed by atoms with E-state index >= 15 is 0 Å². The summed E-state index contributed by atoms with van der Waals surface area (Å²) in [6.07, 6.45) is 1.55. The molecule has 0 aliphatic heterocycles. The maximum absolute atomic E-state index is 14.0. The molecule has 0 atom stereocenters. The van der Waals surface area contributed by atoms with Gasteiger partial charge in [0, 0.05) is 21.6 Å². The van der Waals surface area contributed by atoms with Gasteiger partial charge in [0.25, 0.3) is 0 Å². The first kappa shape index (κ1) is 15.5. The molecule has 2 aromatic rings. The van der Waals surface area contributed by atoms with Crippen LogP contribution >= 0.6 is 27.3 Å². The highest BCUT2D eigenvalue weighted by molar-refractivity contribution is 9.10. The van der Waals surface area contributed by atoms with Crippen LogP contribution in [-0.2, 0) is 23.2 Å². The molecule has 0 spiro atoms. The maximum Gasteiger partial charge on any atom is 0.243 e. The van der Waals surface area contributed by atoms with Gasteiger partial charge in [0.05, 0.1) is 13.2 Å². The highest BCUT2D eigenvalue weighted by Gasteiger charge is 2.22. The monoisotopic (exact) mass is 380 g/mol. The molecule has 5 nitrogen and oxygen atoms in total. The zero-order valence-electron chi connectivity index (χ0n) is 10.0. The molecule has 0 saturated heterocycles. The molecule has 20 heavy (non-hydrogen) atoms. The van der Waals surface area contributed by atoms with Crippen molar-refractivity contribution in [3.8, 4) is 0 Å². The number of aliphatic hydroxyl groups excluding tert-OH is 1. The standard InChI is InChI=1S/C11H10BrFN2O3S2/c12-8-3-7(6-16)11(13)9(4-8)20(17,18)15-5-10-14-1-2-19-10/h1-4,15-16H,5-6H2. The first-order chi connectivity index (χ1) is 9.44. The zero-order valence-corrected chi connectivity index (χ0v) is 13.2. The van der Waals surface area contributed by atoms with Crippen LogP contribution in [0.2, 0.25) is 0 Å². The van der Waals surface area contributed by atoms with Crippen LogP contribution in [0.5, 0.6) is 0 Å². The molecule has 1 heterocycles. The first-order valence-electron chi connectivity index (χ1n) is 5.41. The highest BCUT2D eigenvalue weighted by Crippen LogP contribution is 2.24. The highest BCUT2D eigenvalue weighted by atomic mass is 79.9. The number of hydrogen-bond acceptors (Lipinski definition) is 5. The van der Waals surface area contributed by atoms with Crippen LogP contribution in [0.15, 0.2) is 33.1 Å². The van der Waals surface area contributed by atoms with Crippen molar-refractivity contribution in [3.63, 3.8) is 0 Å². The fourth-order valence-corrected chi connectivity index (χ4v) is 3.94. The van der Waals surface area contributed by atoms with Crippen LogP contribution in [0.1, 0.15) is 10.6 Å². The molecule has 0 bridgehead atoms. The lowest BCUT2D eigenvalue weighted by atomic mass is 10.2. The summed E-state index contributed by atoms with van der Waals surface area (Å²) in [4.78, 5) is 3.43. The second-order valence-corrected chi connectivity index (χ2v) is 7.42. The van der Waals surface area contributed by atoms with Gasteiger partial charge < -0.3 is 5.11 Å². The van der Waals surface area contributed by atoms with Crippen LogP contribution in [0, 0.1) is 5.82 Å². The molecule has 0 fully saturated rings. The van der Waals surface area contributed by atoms with E-state index in [1.807, 2.05) is 0 Å². The Kier molecular flexibility index (Phi) is 4.86. The van der Waals surface area contributed by atoms with E-state index < -0.39 is 27.3 Å². The molecular weight excluding hydrogens is 371 g/mol. The number of nitrogens with one attached hydrogen (secondary N) is 1. The number of nitrogens with zero attached hydrogens (tertiary/aromatic N) is 1. The van der Waals surface area contributed by atoms with E-state index in [9.17, 15) is 12.8 Å². The number of sulfonamides is 1. The summed E-state index contributed by atoms with van der Waals surface area (Å²) < 4.78 is 40.8. The second kappa shape index (κ2) is 6.27. The Morgan fingerprint density at radius 2 is 2.20 bits per heavy atom. The number of rotatable bonds is 5. The van der Waals surface area contributed by atoms with Crippen molar-refractivity contribution in [1.82, 2.24) is 9.71 Å². The van der Waals surface area contributed by atoms with Crippen LogP contribution in [0.4, 0.5) is 4.39 Å². The number of thiazole rings is 1. The van der Waals surface area contributed by atoms with Gasteiger partial charge in [0.15, 0.2) is 0 Å². The lowest BCUT2D eigenvalue weighted by Crippen LogP contribution is -2.24. The molecule has 0 saturated carbocycles. The summed E-state index contributed by atoms with van der Waals surface area (Å²) in [6, 6.07) is 2.48. The average Bonchev–Trinajstić information content (AvgIpc) is 2.92. The smallest absolute Gasteiger partial charge is 0.243 e. The molecule has 108 valence electrons. The van der Waals surface area contributed by atoms with E-state index in [1.165, 1.54) is 17.4 Å². The Bertz CT molecular complexity index is 705. The van der Waals surface area contributed by atoms with Crippen LogP contribution in [-0.4, -0.2) is 18.5 Å². The van der Waals surface area contributed by atoms with Crippen LogP contribution in [0.3, 0.4) is 0 Å². The van der Waals surface area contributed by atoms with E-state index in [0.29, 0.717) is 9.48 Å². The fourth-order valence-electron chi connectivity index (χ4n) is 1.50. The van der Waals surface area contributed by atoms with Gasteiger partial charge in [-0.3, -0.25) is 0 Å². The summed E-state index contributed by atoms with van der Waals surface area (Å²) >= 11 is 4.38. The minimum atomic E-state index is -4.02. The van der Waals surface area contributed by atoms with Gasteiger partial charge in [-0.2, -0.15) is 0 Å². The molecule has 1 aromatic heterocycles. The molecule has 0 aliphatic rings. The number of benzene rings is 1. The Labute approximate surface area is 127 Å². The van der Waals surface area contributed by atoms with Gasteiger partial charge in [0.2, 0.25) is 10.0 Å². The van der Waals surface area contributed by atoms with E-state index in [2.05, 4.69) is 25.6 Å². The molecule has 0 aliphatic carbocycles. The summed E-state index contributed by atoms with van der Waals surface area (Å²) in [5.74, 6) is -0.956. The van der Waals surface area contributed by atoms with Gasteiger partial charge in [-0.15, -0.1) is 11.3 Å². The lowest BCUT2D eigenvalue weighted by Gasteiger charge is -2.09. The van der Waals surface area contributed by atoms with Crippen LogP contribution in [0.25, 0.3) is 0 Å². The van der Waals surface area contributed by atoms with Crippen molar-refractivity contribution >= 4 is 37.3 Å².